The van der Waals surface area contributed by atoms with Gasteiger partial charge in [-0.1, -0.05) is 24.3 Å². The molecule has 0 saturated carbocycles. The van der Waals surface area contributed by atoms with Gasteiger partial charge in [0.05, 0.1) is 34.8 Å². The van der Waals surface area contributed by atoms with Crippen molar-refractivity contribution < 1.29 is 28.3 Å². The third kappa shape index (κ3) is 3.45. The minimum atomic E-state index is -1.63. The number of methoxy groups -OCH3 is 2. The lowest BCUT2D eigenvalue weighted by molar-refractivity contribution is -0.131. The molecule has 146 valence electrons. The number of aromatic hydroxyl groups is 1. The lowest BCUT2D eigenvalue weighted by Crippen LogP contribution is -2.06. The molecule has 3 rings (SSSR count). The number of ether oxygens (including phenoxy) is 3. The second-order valence-electron chi connectivity index (χ2n) is 5.72. The molecule has 0 amide bonds. The lowest BCUT2D eigenvalue weighted by Gasteiger charge is -2.18. The zero-order chi connectivity index (χ0) is 20.4. The summed E-state index contributed by atoms with van der Waals surface area (Å²) in [7, 11) is 1.10. The summed E-state index contributed by atoms with van der Waals surface area (Å²) in [4.78, 5) is 12.6. The van der Waals surface area contributed by atoms with E-state index in [0.29, 0.717) is 25.0 Å². The first-order valence-electron chi connectivity index (χ1n) is 8.15. The molecule has 1 unspecified atom stereocenters. The summed E-state index contributed by atoms with van der Waals surface area (Å²) in [5.41, 5.74) is 0. The predicted molar refractivity (Wildman–Crippen MR) is 109 cm³/mol. The predicted octanol–water partition coefficient (Wildman–Crippen LogP) is 4.42. The number of esters is 1. The number of fused-ring (bicyclic) bond motifs is 1. The third-order valence-electron chi connectivity index (χ3n) is 4.03. The van der Waals surface area contributed by atoms with Crippen LogP contribution in [0.3, 0.4) is 0 Å². The number of rotatable bonds is 5. The minimum absolute atomic E-state index is 0.0232. The van der Waals surface area contributed by atoms with Gasteiger partial charge in [0, 0.05) is 22.2 Å². The van der Waals surface area contributed by atoms with E-state index in [1.165, 1.54) is 21.1 Å². The van der Waals surface area contributed by atoms with E-state index in [1.54, 1.807) is 36.4 Å². The molecule has 0 bridgehead atoms. The maximum Gasteiger partial charge on any atom is 0.308 e. The van der Waals surface area contributed by atoms with Crippen LogP contribution < -0.4 is 14.2 Å². The van der Waals surface area contributed by atoms with Crippen molar-refractivity contribution >= 4 is 43.5 Å². The number of carbonyl (C=O) groups is 1. The van der Waals surface area contributed by atoms with E-state index in [2.05, 4.69) is 15.9 Å². The fraction of sp³-hybridized carbons (Fsp3) is 0.150. The summed E-state index contributed by atoms with van der Waals surface area (Å²) in [6.45, 7) is 1.25. The van der Waals surface area contributed by atoms with Crippen molar-refractivity contribution in [3.63, 3.8) is 0 Å². The van der Waals surface area contributed by atoms with Crippen LogP contribution in [0.1, 0.15) is 6.92 Å². The zero-order valence-corrected chi connectivity index (χ0v) is 17.7. The van der Waals surface area contributed by atoms with Crippen molar-refractivity contribution in [2.75, 3.05) is 14.2 Å². The molecule has 3 aromatic carbocycles. The number of carbonyl (C=O) groups excluding carboxylic acids is 1. The van der Waals surface area contributed by atoms with Gasteiger partial charge in [-0.15, -0.1) is 0 Å². The first-order valence-corrected chi connectivity index (χ1v) is 10.1. The normalized spacial score (nSPS) is 11.9. The number of phenolic OH excluding ortho intramolecular Hbond substituents is 1. The first kappa shape index (κ1) is 20.2. The van der Waals surface area contributed by atoms with Crippen LogP contribution in [0.15, 0.2) is 56.7 Å². The lowest BCUT2D eigenvalue weighted by atomic mass is 10.1. The molecule has 6 nitrogen and oxygen atoms in total. The Labute approximate surface area is 172 Å². The molecule has 0 radical (unpaired) electrons. The van der Waals surface area contributed by atoms with Crippen molar-refractivity contribution in [3.05, 3.63) is 46.9 Å². The maximum absolute atomic E-state index is 13.4. The van der Waals surface area contributed by atoms with Gasteiger partial charge >= 0.3 is 5.97 Å². The van der Waals surface area contributed by atoms with Gasteiger partial charge < -0.3 is 19.3 Å². The highest BCUT2D eigenvalue weighted by Gasteiger charge is 2.27. The highest BCUT2D eigenvalue weighted by molar-refractivity contribution is 9.10. The summed E-state index contributed by atoms with van der Waals surface area (Å²) in [5.74, 6) is -0.685. The van der Waals surface area contributed by atoms with Crippen LogP contribution in [0.2, 0.25) is 0 Å². The van der Waals surface area contributed by atoms with Crippen LogP contribution in [-0.4, -0.2) is 29.5 Å². The molecule has 0 saturated heterocycles. The largest absolute Gasteiger partial charge is 0.504 e. The van der Waals surface area contributed by atoms with Crippen LogP contribution in [0.5, 0.6) is 23.0 Å². The van der Waals surface area contributed by atoms with Crippen LogP contribution in [-0.2, 0) is 15.6 Å². The van der Waals surface area contributed by atoms with Gasteiger partial charge in [-0.05, 0) is 34.1 Å². The van der Waals surface area contributed by atoms with E-state index >= 15 is 0 Å². The van der Waals surface area contributed by atoms with Crippen molar-refractivity contribution in [1.29, 1.82) is 0 Å². The molecule has 0 spiro atoms. The summed E-state index contributed by atoms with van der Waals surface area (Å²) < 4.78 is 30.0. The Morgan fingerprint density at radius 1 is 0.964 bits per heavy atom. The average Bonchev–Trinajstić information content (AvgIpc) is 2.68. The molecule has 1 N–H and O–H groups in total. The van der Waals surface area contributed by atoms with Crippen LogP contribution in [0, 0.1) is 0 Å². The summed E-state index contributed by atoms with van der Waals surface area (Å²) >= 11 is 3.41. The molecule has 0 aliphatic carbocycles. The van der Waals surface area contributed by atoms with E-state index in [-0.39, 0.29) is 23.0 Å². The summed E-state index contributed by atoms with van der Waals surface area (Å²) in [5, 5.41) is 11.3. The highest BCUT2D eigenvalue weighted by Crippen LogP contribution is 2.52. The van der Waals surface area contributed by atoms with Gasteiger partial charge in [-0.3, -0.25) is 4.79 Å². The van der Waals surface area contributed by atoms with Crippen molar-refractivity contribution in [1.82, 2.24) is 0 Å². The molecular formula is C20H17BrO6S. The standard InChI is InChI=1S/C20H17BrO6S/c1-11(22)27-18-16-12(17(23)19(25-2)20(18)26-3)7-6-10-15(16)28(24)14-9-5-4-8-13(14)21/h4-10,23H,1-3H3. The Balaban J connectivity index is 2.42. The monoisotopic (exact) mass is 464 g/mol. The molecule has 8 heteroatoms. The van der Waals surface area contributed by atoms with E-state index < -0.39 is 16.8 Å². The topological polar surface area (TPSA) is 82.1 Å². The summed E-state index contributed by atoms with van der Waals surface area (Å²) in [6, 6.07) is 12.0. The Kier molecular flexibility index (Phi) is 5.90. The zero-order valence-electron chi connectivity index (χ0n) is 15.3. The van der Waals surface area contributed by atoms with E-state index in [0.717, 1.165) is 0 Å². The fourth-order valence-electron chi connectivity index (χ4n) is 2.89. The third-order valence-corrected chi connectivity index (χ3v) is 6.48. The molecule has 0 aliphatic heterocycles. The second kappa shape index (κ2) is 8.20. The van der Waals surface area contributed by atoms with E-state index in [1.807, 2.05) is 6.07 Å². The Morgan fingerprint density at radius 3 is 2.21 bits per heavy atom. The highest BCUT2D eigenvalue weighted by atomic mass is 79.9. The average molecular weight is 465 g/mol. The van der Waals surface area contributed by atoms with Crippen molar-refractivity contribution in [3.8, 4) is 23.0 Å². The number of benzene rings is 3. The smallest absolute Gasteiger partial charge is 0.308 e. The van der Waals surface area contributed by atoms with Gasteiger partial charge in [-0.2, -0.15) is 0 Å². The second-order valence-corrected chi connectivity index (χ2v) is 7.99. The van der Waals surface area contributed by atoms with E-state index in [9.17, 15) is 14.1 Å². The number of hydrogen-bond donors (Lipinski definition) is 1. The quantitative estimate of drug-likeness (QED) is 0.444. The molecule has 0 heterocycles. The van der Waals surface area contributed by atoms with Gasteiger partial charge in [-0.25, -0.2) is 4.21 Å². The Morgan fingerprint density at radius 2 is 1.61 bits per heavy atom. The molecule has 3 aromatic rings. The van der Waals surface area contributed by atoms with Gasteiger partial charge in [0.2, 0.25) is 11.5 Å². The minimum Gasteiger partial charge on any atom is -0.504 e. The van der Waals surface area contributed by atoms with Crippen molar-refractivity contribution in [2.45, 2.75) is 16.7 Å². The molecule has 1 atom stereocenters. The molecule has 0 fully saturated rings. The Bertz CT molecular complexity index is 1100. The van der Waals surface area contributed by atoms with Crippen LogP contribution in [0.4, 0.5) is 0 Å². The van der Waals surface area contributed by atoms with Gasteiger partial charge in [0.25, 0.3) is 0 Å². The summed E-state index contributed by atoms with van der Waals surface area (Å²) in [6.07, 6.45) is 0. The molecule has 28 heavy (non-hydrogen) atoms. The van der Waals surface area contributed by atoms with Gasteiger partial charge in [0.1, 0.15) is 0 Å². The van der Waals surface area contributed by atoms with Crippen LogP contribution >= 0.6 is 15.9 Å². The molecular weight excluding hydrogens is 448 g/mol. The van der Waals surface area contributed by atoms with E-state index in [4.69, 9.17) is 14.2 Å². The maximum atomic E-state index is 13.4. The first-order chi connectivity index (χ1) is 13.4. The number of phenols is 1. The van der Waals surface area contributed by atoms with Gasteiger partial charge in [0.15, 0.2) is 11.5 Å². The fourth-order valence-corrected chi connectivity index (χ4v) is 4.89. The van der Waals surface area contributed by atoms with Crippen LogP contribution in [0.25, 0.3) is 10.8 Å². The number of hydrogen-bond acceptors (Lipinski definition) is 6. The molecule has 0 aliphatic rings. The SMILES string of the molecule is COc1c(OC)c(OC(C)=O)c2c(S(=O)c3ccccc3Br)cccc2c1O. The number of halogens is 1. The Hall–Kier alpha value is -2.58. The molecule has 0 aromatic heterocycles. The van der Waals surface area contributed by atoms with Crippen molar-refractivity contribution in [2.24, 2.45) is 0 Å².